The summed E-state index contributed by atoms with van der Waals surface area (Å²) in [5.41, 5.74) is 8.07. The average Bonchev–Trinajstić information content (AvgIpc) is 3.28. The van der Waals surface area contributed by atoms with Crippen LogP contribution in [0.2, 0.25) is 0 Å². The number of para-hydroxylation sites is 1. The topological polar surface area (TPSA) is 79.2 Å². The first-order chi connectivity index (χ1) is 12.1. The Kier molecular flexibility index (Phi) is 4.05. The number of piperidine rings is 1. The van der Waals surface area contributed by atoms with E-state index in [1.54, 1.807) is 11.4 Å². The predicted octanol–water partition coefficient (Wildman–Crippen LogP) is 3.35. The molecule has 25 heavy (non-hydrogen) atoms. The van der Waals surface area contributed by atoms with E-state index in [4.69, 9.17) is 5.73 Å². The van der Waals surface area contributed by atoms with Crippen molar-refractivity contribution in [2.45, 2.75) is 18.8 Å². The van der Waals surface area contributed by atoms with Crippen LogP contribution in [0.25, 0.3) is 10.9 Å². The van der Waals surface area contributed by atoms with Gasteiger partial charge in [-0.3, -0.25) is 9.59 Å². The molecule has 5 nitrogen and oxygen atoms in total. The second kappa shape index (κ2) is 6.37. The number of benzene rings is 1. The van der Waals surface area contributed by atoms with Gasteiger partial charge in [0.15, 0.2) is 0 Å². The van der Waals surface area contributed by atoms with Crippen molar-refractivity contribution >= 4 is 34.1 Å². The summed E-state index contributed by atoms with van der Waals surface area (Å²) in [6, 6.07) is 12.1. The van der Waals surface area contributed by atoms with Gasteiger partial charge in [0.05, 0.1) is 10.4 Å². The van der Waals surface area contributed by atoms with Gasteiger partial charge in [-0.1, -0.05) is 18.2 Å². The summed E-state index contributed by atoms with van der Waals surface area (Å²) >= 11 is 1.28. The molecule has 3 heterocycles. The maximum Gasteiger partial charge on any atom is 0.263 e. The molecule has 3 N–H and O–H groups in total. The van der Waals surface area contributed by atoms with Gasteiger partial charge in [-0.05, 0) is 36.4 Å². The van der Waals surface area contributed by atoms with Crippen molar-refractivity contribution in [2.24, 2.45) is 5.73 Å². The molecule has 1 aromatic carbocycles. The molecule has 128 valence electrons. The lowest BCUT2D eigenvalue weighted by molar-refractivity contribution is 0.0717. The number of carbonyl (C=O) groups excluding carboxylic acids is 2. The van der Waals surface area contributed by atoms with Crippen molar-refractivity contribution in [3.63, 3.8) is 0 Å². The Labute approximate surface area is 149 Å². The average molecular weight is 353 g/mol. The summed E-state index contributed by atoms with van der Waals surface area (Å²) in [6.45, 7) is 1.45. The van der Waals surface area contributed by atoms with E-state index in [0.29, 0.717) is 16.4 Å². The monoisotopic (exact) mass is 353 g/mol. The molecule has 2 amide bonds. The quantitative estimate of drug-likeness (QED) is 0.757. The highest BCUT2D eigenvalue weighted by molar-refractivity contribution is 7.12. The van der Waals surface area contributed by atoms with Crippen LogP contribution < -0.4 is 5.73 Å². The number of H-pyrrole nitrogens is 1. The standard InChI is InChI=1S/C19H19N3O2S/c20-18(23)14-10-17(25-11-14)19(24)22-7-5-12(6-8-22)16-9-13-3-1-2-4-15(13)21-16/h1-4,9-12,21H,5-8H2,(H2,20,23). The van der Waals surface area contributed by atoms with E-state index in [1.807, 2.05) is 17.0 Å². The van der Waals surface area contributed by atoms with E-state index in [0.717, 1.165) is 31.4 Å². The second-order valence-corrected chi connectivity index (χ2v) is 7.35. The fraction of sp³-hybridized carbons (Fsp3) is 0.263. The molecule has 1 aliphatic heterocycles. The van der Waals surface area contributed by atoms with Crippen molar-refractivity contribution in [2.75, 3.05) is 13.1 Å². The van der Waals surface area contributed by atoms with Crippen LogP contribution in [-0.2, 0) is 0 Å². The third-order valence-corrected chi connectivity index (χ3v) is 5.79. The summed E-state index contributed by atoms with van der Waals surface area (Å²) in [4.78, 5) is 29.7. The Morgan fingerprint density at radius 3 is 2.60 bits per heavy atom. The van der Waals surface area contributed by atoms with E-state index in [2.05, 4.69) is 23.2 Å². The largest absolute Gasteiger partial charge is 0.366 e. The molecule has 6 heteroatoms. The van der Waals surface area contributed by atoms with Crippen molar-refractivity contribution < 1.29 is 9.59 Å². The lowest BCUT2D eigenvalue weighted by Gasteiger charge is -2.31. The Morgan fingerprint density at radius 2 is 1.92 bits per heavy atom. The molecule has 0 spiro atoms. The summed E-state index contributed by atoms with van der Waals surface area (Å²) in [7, 11) is 0. The number of hydrogen-bond acceptors (Lipinski definition) is 3. The highest BCUT2D eigenvalue weighted by Crippen LogP contribution is 2.30. The Balaban J connectivity index is 1.43. The van der Waals surface area contributed by atoms with Crippen molar-refractivity contribution in [3.8, 4) is 0 Å². The zero-order chi connectivity index (χ0) is 17.4. The minimum atomic E-state index is -0.493. The fourth-order valence-corrected chi connectivity index (χ4v) is 4.31. The minimum absolute atomic E-state index is 0.00685. The minimum Gasteiger partial charge on any atom is -0.366 e. The number of rotatable bonds is 3. The van der Waals surface area contributed by atoms with E-state index < -0.39 is 5.91 Å². The normalized spacial score (nSPS) is 15.6. The molecule has 0 saturated carbocycles. The summed E-state index contributed by atoms with van der Waals surface area (Å²) < 4.78 is 0. The lowest BCUT2D eigenvalue weighted by atomic mass is 9.93. The third kappa shape index (κ3) is 3.05. The highest BCUT2D eigenvalue weighted by atomic mass is 32.1. The Morgan fingerprint density at radius 1 is 1.16 bits per heavy atom. The van der Waals surface area contributed by atoms with Crippen LogP contribution in [0.5, 0.6) is 0 Å². The van der Waals surface area contributed by atoms with Crippen molar-refractivity contribution in [1.29, 1.82) is 0 Å². The summed E-state index contributed by atoms with van der Waals surface area (Å²) in [6.07, 6.45) is 1.87. The van der Waals surface area contributed by atoms with E-state index in [9.17, 15) is 9.59 Å². The number of hydrogen-bond donors (Lipinski definition) is 2. The molecular weight excluding hydrogens is 334 g/mol. The predicted molar refractivity (Wildman–Crippen MR) is 99.0 cm³/mol. The van der Waals surface area contributed by atoms with Gasteiger partial charge in [0, 0.05) is 35.6 Å². The zero-order valence-electron chi connectivity index (χ0n) is 13.7. The van der Waals surface area contributed by atoms with Crippen molar-refractivity contribution in [3.05, 3.63) is 57.9 Å². The molecule has 0 bridgehead atoms. The SMILES string of the molecule is NC(=O)c1csc(C(=O)N2CCC(c3cc4ccccc4[nH]3)CC2)c1. The molecule has 0 unspecified atom stereocenters. The zero-order valence-corrected chi connectivity index (χ0v) is 14.5. The fourth-order valence-electron chi connectivity index (χ4n) is 3.44. The first-order valence-corrected chi connectivity index (χ1v) is 9.25. The number of thiophene rings is 1. The molecule has 4 rings (SSSR count). The molecular formula is C19H19N3O2S. The Hall–Kier alpha value is -2.60. The van der Waals surface area contributed by atoms with Gasteiger partial charge in [-0.15, -0.1) is 11.3 Å². The second-order valence-electron chi connectivity index (χ2n) is 6.44. The molecule has 3 aromatic rings. The number of nitrogens with two attached hydrogens (primary N) is 1. The van der Waals surface area contributed by atoms with Gasteiger partial charge >= 0.3 is 0 Å². The van der Waals surface area contributed by atoms with Gasteiger partial charge in [0.2, 0.25) is 5.91 Å². The number of nitrogens with zero attached hydrogens (tertiary/aromatic N) is 1. The van der Waals surface area contributed by atoms with Crippen LogP contribution >= 0.6 is 11.3 Å². The smallest absolute Gasteiger partial charge is 0.263 e. The number of aromatic nitrogens is 1. The van der Waals surface area contributed by atoms with Crippen LogP contribution in [0.1, 0.15) is 44.5 Å². The molecule has 0 radical (unpaired) electrons. The van der Waals surface area contributed by atoms with Crippen LogP contribution in [0.4, 0.5) is 0 Å². The summed E-state index contributed by atoms with van der Waals surface area (Å²) in [5, 5.41) is 2.88. The third-order valence-electron chi connectivity index (χ3n) is 4.87. The highest BCUT2D eigenvalue weighted by Gasteiger charge is 2.26. The number of likely N-dealkylation sites (tertiary alicyclic amines) is 1. The molecule has 1 aliphatic rings. The van der Waals surface area contributed by atoms with Gasteiger partial charge in [0.25, 0.3) is 5.91 Å². The van der Waals surface area contributed by atoms with E-state index in [1.165, 1.54) is 22.4 Å². The van der Waals surface area contributed by atoms with E-state index in [-0.39, 0.29) is 5.91 Å². The molecule has 2 aromatic heterocycles. The number of nitrogens with one attached hydrogen (secondary N) is 1. The molecule has 1 saturated heterocycles. The van der Waals surface area contributed by atoms with Gasteiger partial charge in [-0.25, -0.2) is 0 Å². The first-order valence-electron chi connectivity index (χ1n) is 8.37. The summed E-state index contributed by atoms with van der Waals surface area (Å²) in [5.74, 6) is -0.0543. The maximum atomic E-state index is 12.6. The number of amides is 2. The number of carbonyl (C=O) groups is 2. The maximum absolute atomic E-state index is 12.6. The van der Waals surface area contributed by atoms with Crippen molar-refractivity contribution in [1.82, 2.24) is 9.88 Å². The lowest BCUT2D eigenvalue weighted by Crippen LogP contribution is -2.37. The van der Waals surface area contributed by atoms with Gasteiger partial charge < -0.3 is 15.6 Å². The number of fused-ring (bicyclic) bond motifs is 1. The van der Waals surface area contributed by atoms with Gasteiger partial charge in [-0.2, -0.15) is 0 Å². The first kappa shape index (κ1) is 15.9. The van der Waals surface area contributed by atoms with Crippen LogP contribution in [0.15, 0.2) is 41.8 Å². The molecule has 0 atom stereocenters. The van der Waals surface area contributed by atoms with Crippen LogP contribution in [0.3, 0.4) is 0 Å². The van der Waals surface area contributed by atoms with E-state index >= 15 is 0 Å². The Bertz CT molecular complexity index is 902. The van der Waals surface area contributed by atoms with Crippen LogP contribution in [0, 0.1) is 0 Å². The molecule has 0 aliphatic carbocycles. The van der Waals surface area contributed by atoms with Crippen LogP contribution in [-0.4, -0.2) is 34.8 Å². The molecule has 1 fully saturated rings. The van der Waals surface area contributed by atoms with Gasteiger partial charge in [0.1, 0.15) is 0 Å². The number of aromatic amines is 1. The number of primary amides is 1.